The molecule has 0 aliphatic rings. The molecule has 2 amide bonds. The van der Waals surface area contributed by atoms with E-state index in [1.165, 1.54) is 30.6 Å². The minimum Gasteiger partial charge on any atom is -0.348 e. The fraction of sp³-hybridized carbons (Fsp3) is 0.136. The van der Waals surface area contributed by atoms with E-state index in [9.17, 15) is 14.0 Å². The maximum atomic E-state index is 12.9. The molecule has 1 heterocycles. The van der Waals surface area contributed by atoms with Crippen molar-refractivity contribution in [3.8, 4) is 0 Å². The third-order valence-corrected chi connectivity index (χ3v) is 4.11. The van der Waals surface area contributed by atoms with Crippen molar-refractivity contribution in [2.75, 3.05) is 5.32 Å². The van der Waals surface area contributed by atoms with Crippen LogP contribution in [0.15, 0.2) is 60.9 Å². The molecule has 0 fully saturated rings. The maximum absolute atomic E-state index is 12.9. The van der Waals surface area contributed by atoms with Crippen LogP contribution in [0.4, 0.5) is 10.1 Å². The average Bonchev–Trinajstić information content (AvgIpc) is 2.66. The van der Waals surface area contributed by atoms with Crippen molar-refractivity contribution >= 4 is 17.5 Å². The number of aryl methyl sites for hydroxylation is 2. The van der Waals surface area contributed by atoms with Crippen LogP contribution < -0.4 is 10.6 Å². The molecular weight excluding hydrogens is 357 g/mol. The summed E-state index contributed by atoms with van der Waals surface area (Å²) < 4.78 is 12.9. The number of aromatic nitrogens is 1. The van der Waals surface area contributed by atoms with Gasteiger partial charge in [-0.05, 0) is 60.9 Å². The average molecular weight is 377 g/mol. The molecule has 2 aromatic carbocycles. The first kappa shape index (κ1) is 19.2. The van der Waals surface area contributed by atoms with Gasteiger partial charge in [-0.25, -0.2) is 4.39 Å². The van der Waals surface area contributed by atoms with Crippen molar-refractivity contribution < 1.29 is 14.0 Å². The quantitative estimate of drug-likeness (QED) is 0.705. The number of pyridine rings is 1. The molecular formula is C22H20FN3O2. The molecule has 0 spiro atoms. The summed E-state index contributed by atoms with van der Waals surface area (Å²) in [7, 11) is 0. The smallest absolute Gasteiger partial charge is 0.257 e. The first-order valence-corrected chi connectivity index (χ1v) is 8.78. The Labute approximate surface area is 162 Å². The normalized spacial score (nSPS) is 10.4. The van der Waals surface area contributed by atoms with Gasteiger partial charge in [-0.1, -0.05) is 18.2 Å². The van der Waals surface area contributed by atoms with Crippen LogP contribution in [0.2, 0.25) is 0 Å². The summed E-state index contributed by atoms with van der Waals surface area (Å²) in [6.07, 6.45) is 2.81. The number of halogens is 1. The second-order valence-electron chi connectivity index (χ2n) is 6.60. The number of hydrogen-bond donors (Lipinski definition) is 2. The van der Waals surface area contributed by atoms with Crippen molar-refractivity contribution in [1.82, 2.24) is 10.3 Å². The Kier molecular flexibility index (Phi) is 5.79. The molecule has 0 unspecified atom stereocenters. The molecule has 0 aliphatic heterocycles. The number of nitrogens with one attached hydrogen (secondary N) is 2. The lowest BCUT2D eigenvalue weighted by atomic mass is 10.1. The highest BCUT2D eigenvalue weighted by molar-refractivity contribution is 6.05. The van der Waals surface area contributed by atoms with Crippen molar-refractivity contribution in [3.63, 3.8) is 0 Å². The van der Waals surface area contributed by atoms with E-state index in [0.29, 0.717) is 5.69 Å². The van der Waals surface area contributed by atoms with E-state index in [1.807, 2.05) is 32.0 Å². The lowest BCUT2D eigenvalue weighted by Crippen LogP contribution is -2.23. The van der Waals surface area contributed by atoms with E-state index in [1.54, 1.807) is 12.1 Å². The Morgan fingerprint density at radius 1 is 0.893 bits per heavy atom. The van der Waals surface area contributed by atoms with Crippen molar-refractivity contribution in [3.05, 3.63) is 94.6 Å². The van der Waals surface area contributed by atoms with E-state index >= 15 is 0 Å². The Morgan fingerprint density at radius 3 is 2.14 bits per heavy atom. The molecule has 0 atom stereocenters. The highest BCUT2D eigenvalue weighted by Gasteiger charge is 2.12. The summed E-state index contributed by atoms with van der Waals surface area (Å²) in [5, 5.41) is 5.56. The number of anilines is 1. The molecule has 1 aromatic heterocycles. The van der Waals surface area contributed by atoms with Crippen LogP contribution in [0, 0.1) is 19.7 Å². The predicted octanol–water partition coefficient (Wildman–Crippen LogP) is 4.02. The molecule has 3 rings (SSSR count). The monoisotopic (exact) mass is 377 g/mol. The van der Waals surface area contributed by atoms with Gasteiger partial charge < -0.3 is 10.6 Å². The minimum absolute atomic E-state index is 0.248. The van der Waals surface area contributed by atoms with E-state index in [0.717, 1.165) is 16.7 Å². The fourth-order valence-electron chi connectivity index (χ4n) is 2.83. The first-order chi connectivity index (χ1) is 13.4. The lowest BCUT2D eigenvalue weighted by Gasteiger charge is -2.09. The molecule has 0 aliphatic carbocycles. The largest absolute Gasteiger partial charge is 0.348 e. The van der Waals surface area contributed by atoms with Gasteiger partial charge in [-0.15, -0.1) is 0 Å². The van der Waals surface area contributed by atoms with E-state index in [2.05, 4.69) is 15.6 Å². The van der Waals surface area contributed by atoms with Crippen LogP contribution in [0.3, 0.4) is 0 Å². The first-order valence-electron chi connectivity index (χ1n) is 8.78. The van der Waals surface area contributed by atoms with Gasteiger partial charge in [0.05, 0.1) is 11.1 Å². The van der Waals surface area contributed by atoms with Crippen LogP contribution in [0.1, 0.15) is 37.4 Å². The molecule has 28 heavy (non-hydrogen) atoms. The second kappa shape index (κ2) is 8.43. The van der Waals surface area contributed by atoms with Gasteiger partial charge >= 0.3 is 0 Å². The molecule has 0 saturated heterocycles. The standard InChI is InChI=1S/C22H20FN3O2/c1-14-7-15(2)9-20(8-14)26-22(28)18-10-17(12-24-13-18)21(27)25-11-16-3-5-19(23)6-4-16/h3-10,12-13H,11H2,1-2H3,(H,25,27)(H,26,28). The molecule has 3 aromatic rings. The number of amides is 2. The number of carbonyl (C=O) groups is 2. The lowest BCUT2D eigenvalue weighted by molar-refractivity contribution is 0.0950. The SMILES string of the molecule is Cc1cc(C)cc(NC(=O)c2cncc(C(=O)NCc3ccc(F)cc3)c2)c1. The molecule has 6 heteroatoms. The van der Waals surface area contributed by atoms with E-state index in [-0.39, 0.29) is 35.3 Å². The Hall–Kier alpha value is -3.54. The van der Waals surface area contributed by atoms with Crippen LogP contribution in [-0.2, 0) is 6.54 Å². The predicted molar refractivity (Wildman–Crippen MR) is 106 cm³/mol. The minimum atomic E-state index is -0.363. The summed E-state index contributed by atoms with van der Waals surface area (Å²) in [5.74, 6) is -1.04. The summed E-state index contributed by atoms with van der Waals surface area (Å²) in [5.41, 5.74) is 4.11. The Bertz CT molecular complexity index is 996. The van der Waals surface area contributed by atoms with Crippen molar-refractivity contribution in [2.24, 2.45) is 0 Å². The molecule has 0 bridgehead atoms. The third kappa shape index (κ3) is 5.01. The zero-order valence-electron chi connectivity index (χ0n) is 15.6. The molecule has 0 radical (unpaired) electrons. The summed E-state index contributed by atoms with van der Waals surface area (Å²) >= 11 is 0. The topological polar surface area (TPSA) is 71.1 Å². The van der Waals surface area contributed by atoms with Crippen LogP contribution >= 0.6 is 0 Å². The van der Waals surface area contributed by atoms with Crippen molar-refractivity contribution in [1.29, 1.82) is 0 Å². The van der Waals surface area contributed by atoms with Gasteiger partial charge in [0.1, 0.15) is 5.82 Å². The van der Waals surface area contributed by atoms with E-state index in [4.69, 9.17) is 0 Å². The fourth-order valence-corrected chi connectivity index (χ4v) is 2.83. The zero-order valence-corrected chi connectivity index (χ0v) is 15.6. The highest BCUT2D eigenvalue weighted by atomic mass is 19.1. The number of benzene rings is 2. The number of rotatable bonds is 5. The van der Waals surface area contributed by atoms with Gasteiger partial charge in [-0.2, -0.15) is 0 Å². The third-order valence-electron chi connectivity index (χ3n) is 4.11. The van der Waals surface area contributed by atoms with Crippen LogP contribution in [0.5, 0.6) is 0 Å². The summed E-state index contributed by atoms with van der Waals surface area (Å²) in [6, 6.07) is 13.1. The Balaban J connectivity index is 1.67. The second-order valence-corrected chi connectivity index (χ2v) is 6.60. The van der Waals surface area contributed by atoms with Gasteiger partial charge in [-0.3, -0.25) is 14.6 Å². The molecule has 2 N–H and O–H groups in total. The van der Waals surface area contributed by atoms with Crippen LogP contribution in [-0.4, -0.2) is 16.8 Å². The zero-order chi connectivity index (χ0) is 20.1. The van der Waals surface area contributed by atoms with Gasteiger partial charge in [0.15, 0.2) is 0 Å². The molecule has 142 valence electrons. The molecule has 5 nitrogen and oxygen atoms in total. The molecule has 0 saturated carbocycles. The van der Waals surface area contributed by atoms with Crippen LogP contribution in [0.25, 0.3) is 0 Å². The number of hydrogen-bond acceptors (Lipinski definition) is 3. The highest BCUT2D eigenvalue weighted by Crippen LogP contribution is 2.15. The summed E-state index contributed by atoms with van der Waals surface area (Å²) in [6.45, 7) is 4.16. The van der Waals surface area contributed by atoms with Gasteiger partial charge in [0, 0.05) is 24.6 Å². The van der Waals surface area contributed by atoms with Crippen molar-refractivity contribution in [2.45, 2.75) is 20.4 Å². The Morgan fingerprint density at radius 2 is 1.50 bits per heavy atom. The number of nitrogens with zero attached hydrogens (tertiary/aromatic N) is 1. The summed E-state index contributed by atoms with van der Waals surface area (Å²) in [4.78, 5) is 28.9. The van der Waals surface area contributed by atoms with E-state index < -0.39 is 0 Å². The maximum Gasteiger partial charge on any atom is 0.257 e. The van der Waals surface area contributed by atoms with Gasteiger partial charge in [0.25, 0.3) is 11.8 Å². The number of carbonyl (C=O) groups excluding carboxylic acids is 2. The van der Waals surface area contributed by atoms with Gasteiger partial charge in [0.2, 0.25) is 0 Å².